The SMILES string of the molecule is CC1=C2CC(C)N(CC3=CCCC=C3)C2CCC1. The molecule has 1 fully saturated rings. The van der Waals surface area contributed by atoms with Crippen LogP contribution in [0.2, 0.25) is 0 Å². The lowest BCUT2D eigenvalue weighted by atomic mass is 9.88. The lowest BCUT2D eigenvalue weighted by Crippen LogP contribution is -2.37. The third-order valence-electron chi connectivity index (χ3n) is 4.90. The Balaban J connectivity index is 1.78. The Morgan fingerprint density at radius 1 is 1.33 bits per heavy atom. The van der Waals surface area contributed by atoms with E-state index in [4.69, 9.17) is 0 Å². The largest absolute Gasteiger partial charge is 0.289 e. The maximum absolute atomic E-state index is 2.75. The molecule has 1 heterocycles. The molecule has 0 amide bonds. The van der Waals surface area contributed by atoms with Crippen LogP contribution >= 0.6 is 0 Å². The molecule has 3 rings (SSSR count). The number of hydrogen-bond donors (Lipinski definition) is 0. The molecule has 1 aliphatic heterocycles. The van der Waals surface area contributed by atoms with Crippen LogP contribution in [0.4, 0.5) is 0 Å². The predicted molar refractivity (Wildman–Crippen MR) is 77.6 cm³/mol. The van der Waals surface area contributed by atoms with Gasteiger partial charge in [-0.1, -0.05) is 29.4 Å². The molecule has 0 aromatic carbocycles. The van der Waals surface area contributed by atoms with Gasteiger partial charge < -0.3 is 0 Å². The van der Waals surface area contributed by atoms with E-state index in [2.05, 4.69) is 37.0 Å². The number of fused-ring (bicyclic) bond motifs is 1. The van der Waals surface area contributed by atoms with Crippen LogP contribution in [0.5, 0.6) is 0 Å². The Bertz CT molecular complexity index is 413. The zero-order valence-electron chi connectivity index (χ0n) is 11.8. The van der Waals surface area contributed by atoms with E-state index < -0.39 is 0 Å². The molecule has 2 atom stereocenters. The molecule has 2 unspecified atom stereocenters. The number of allylic oxidation sites excluding steroid dienone is 3. The van der Waals surface area contributed by atoms with Gasteiger partial charge in [-0.25, -0.2) is 0 Å². The van der Waals surface area contributed by atoms with Gasteiger partial charge in [0.15, 0.2) is 0 Å². The molecule has 0 saturated carbocycles. The van der Waals surface area contributed by atoms with Crippen LogP contribution in [0.25, 0.3) is 0 Å². The summed E-state index contributed by atoms with van der Waals surface area (Å²) in [6.45, 7) is 5.93. The van der Waals surface area contributed by atoms with E-state index in [0.29, 0.717) is 0 Å². The number of hydrogen-bond acceptors (Lipinski definition) is 1. The van der Waals surface area contributed by atoms with Crippen molar-refractivity contribution in [3.8, 4) is 0 Å². The molecule has 18 heavy (non-hydrogen) atoms. The second kappa shape index (κ2) is 5.05. The van der Waals surface area contributed by atoms with Gasteiger partial charge in [0.05, 0.1) is 0 Å². The highest BCUT2D eigenvalue weighted by Crippen LogP contribution is 2.39. The topological polar surface area (TPSA) is 3.24 Å². The fourth-order valence-corrected chi connectivity index (χ4v) is 3.86. The summed E-state index contributed by atoms with van der Waals surface area (Å²) < 4.78 is 0. The van der Waals surface area contributed by atoms with E-state index in [9.17, 15) is 0 Å². The Labute approximate surface area is 111 Å². The quantitative estimate of drug-likeness (QED) is 0.656. The van der Waals surface area contributed by atoms with Gasteiger partial charge in [0.2, 0.25) is 0 Å². The highest BCUT2D eigenvalue weighted by atomic mass is 15.2. The number of likely N-dealkylation sites (tertiary alicyclic amines) is 1. The Hall–Kier alpha value is -0.820. The minimum absolute atomic E-state index is 0.731. The lowest BCUT2D eigenvalue weighted by molar-refractivity contribution is 0.217. The fourth-order valence-electron chi connectivity index (χ4n) is 3.86. The summed E-state index contributed by atoms with van der Waals surface area (Å²) >= 11 is 0. The van der Waals surface area contributed by atoms with Gasteiger partial charge in [0, 0.05) is 18.6 Å². The van der Waals surface area contributed by atoms with Crippen molar-refractivity contribution in [2.24, 2.45) is 0 Å². The van der Waals surface area contributed by atoms with E-state index in [1.165, 1.54) is 50.6 Å². The van der Waals surface area contributed by atoms with Crippen molar-refractivity contribution in [3.05, 3.63) is 34.9 Å². The molecular weight excluding hydrogens is 218 g/mol. The lowest BCUT2D eigenvalue weighted by Gasteiger charge is -2.31. The standard InChI is InChI=1S/C17H25N/c1-13-7-6-10-17-16(13)11-14(2)18(17)12-15-8-4-3-5-9-15/h4,8-9,14,17H,3,5-7,10-12H2,1-2H3. The number of nitrogens with zero attached hydrogens (tertiary/aromatic N) is 1. The van der Waals surface area contributed by atoms with Crippen LogP contribution in [0.3, 0.4) is 0 Å². The summed E-state index contributed by atoms with van der Waals surface area (Å²) in [7, 11) is 0. The molecule has 0 radical (unpaired) electrons. The van der Waals surface area contributed by atoms with Crippen molar-refractivity contribution in [1.29, 1.82) is 0 Å². The van der Waals surface area contributed by atoms with Crippen LogP contribution in [0.1, 0.15) is 52.4 Å². The zero-order chi connectivity index (χ0) is 12.5. The molecule has 1 nitrogen and oxygen atoms in total. The van der Waals surface area contributed by atoms with Gasteiger partial charge in [-0.15, -0.1) is 0 Å². The summed E-state index contributed by atoms with van der Waals surface area (Å²) in [5.41, 5.74) is 5.00. The van der Waals surface area contributed by atoms with Crippen LogP contribution in [-0.4, -0.2) is 23.5 Å². The normalized spacial score (nSPS) is 32.7. The molecule has 0 bridgehead atoms. The minimum atomic E-state index is 0.731. The molecule has 0 spiro atoms. The van der Waals surface area contributed by atoms with Crippen molar-refractivity contribution in [1.82, 2.24) is 4.90 Å². The van der Waals surface area contributed by atoms with Crippen molar-refractivity contribution >= 4 is 0 Å². The van der Waals surface area contributed by atoms with Crippen LogP contribution < -0.4 is 0 Å². The second-order valence-electron chi connectivity index (χ2n) is 6.20. The summed E-state index contributed by atoms with van der Waals surface area (Å²) in [4.78, 5) is 2.75. The maximum Gasteiger partial charge on any atom is 0.0317 e. The summed E-state index contributed by atoms with van der Waals surface area (Å²) in [6, 6.07) is 1.49. The van der Waals surface area contributed by atoms with Crippen molar-refractivity contribution in [2.75, 3.05) is 6.54 Å². The van der Waals surface area contributed by atoms with Gasteiger partial charge in [-0.3, -0.25) is 4.90 Å². The second-order valence-corrected chi connectivity index (χ2v) is 6.20. The van der Waals surface area contributed by atoms with Gasteiger partial charge in [-0.2, -0.15) is 0 Å². The Morgan fingerprint density at radius 2 is 2.22 bits per heavy atom. The third kappa shape index (κ3) is 2.21. The van der Waals surface area contributed by atoms with Gasteiger partial charge in [0.25, 0.3) is 0 Å². The van der Waals surface area contributed by atoms with Crippen LogP contribution in [0.15, 0.2) is 34.9 Å². The molecule has 0 aromatic heterocycles. The summed E-state index contributed by atoms with van der Waals surface area (Å²) in [5, 5.41) is 0. The van der Waals surface area contributed by atoms with Crippen LogP contribution in [-0.2, 0) is 0 Å². The van der Waals surface area contributed by atoms with E-state index in [-0.39, 0.29) is 0 Å². The van der Waals surface area contributed by atoms with Crippen molar-refractivity contribution in [2.45, 2.75) is 64.5 Å². The fraction of sp³-hybridized carbons (Fsp3) is 0.647. The molecule has 0 aromatic rings. The Kier molecular flexibility index (Phi) is 3.43. The Morgan fingerprint density at radius 3 is 3.00 bits per heavy atom. The highest BCUT2D eigenvalue weighted by molar-refractivity contribution is 5.30. The molecule has 1 saturated heterocycles. The molecule has 0 N–H and O–H groups in total. The molecular formula is C17H25N. The first-order valence-corrected chi connectivity index (χ1v) is 7.55. The molecule has 98 valence electrons. The van der Waals surface area contributed by atoms with Crippen LogP contribution in [0, 0.1) is 0 Å². The molecule has 3 aliphatic rings. The first-order valence-electron chi connectivity index (χ1n) is 7.55. The third-order valence-corrected chi connectivity index (χ3v) is 4.90. The smallest absolute Gasteiger partial charge is 0.0317 e. The van der Waals surface area contributed by atoms with E-state index in [0.717, 1.165) is 12.1 Å². The van der Waals surface area contributed by atoms with E-state index >= 15 is 0 Å². The van der Waals surface area contributed by atoms with Gasteiger partial charge in [0.1, 0.15) is 0 Å². The summed E-state index contributed by atoms with van der Waals surface area (Å²) in [6.07, 6.45) is 15.0. The highest BCUT2D eigenvalue weighted by Gasteiger charge is 2.36. The molecule has 2 aliphatic carbocycles. The first kappa shape index (κ1) is 12.2. The average Bonchev–Trinajstić information content (AvgIpc) is 2.70. The summed E-state index contributed by atoms with van der Waals surface area (Å²) in [5.74, 6) is 0. The maximum atomic E-state index is 2.75. The van der Waals surface area contributed by atoms with Crippen molar-refractivity contribution < 1.29 is 0 Å². The molecule has 1 heteroatoms. The zero-order valence-corrected chi connectivity index (χ0v) is 11.8. The van der Waals surface area contributed by atoms with E-state index in [1.807, 2.05) is 0 Å². The first-order chi connectivity index (χ1) is 8.75. The van der Waals surface area contributed by atoms with Crippen molar-refractivity contribution in [3.63, 3.8) is 0 Å². The van der Waals surface area contributed by atoms with Gasteiger partial charge >= 0.3 is 0 Å². The predicted octanol–water partition coefficient (Wildman–Crippen LogP) is 4.23. The number of rotatable bonds is 2. The monoisotopic (exact) mass is 243 g/mol. The van der Waals surface area contributed by atoms with Gasteiger partial charge in [-0.05, 0) is 57.9 Å². The van der Waals surface area contributed by atoms with E-state index in [1.54, 1.807) is 11.1 Å². The average molecular weight is 243 g/mol. The minimum Gasteiger partial charge on any atom is -0.289 e.